The number of aromatic nitrogens is 4. The van der Waals surface area contributed by atoms with Gasteiger partial charge in [0.2, 0.25) is 5.95 Å². The van der Waals surface area contributed by atoms with Crippen molar-refractivity contribution in [2.45, 2.75) is 33.7 Å². The number of fused-ring (bicyclic) bond motifs is 2. The first kappa shape index (κ1) is 23.0. The molecule has 0 bridgehead atoms. The molecule has 35 heavy (non-hydrogen) atoms. The highest BCUT2D eigenvalue weighted by Gasteiger charge is 2.23. The summed E-state index contributed by atoms with van der Waals surface area (Å²) in [6.07, 6.45) is 1.82. The quantitative estimate of drug-likeness (QED) is 0.456. The van der Waals surface area contributed by atoms with Gasteiger partial charge in [0, 0.05) is 56.5 Å². The lowest BCUT2D eigenvalue weighted by molar-refractivity contribution is 0.125. The second kappa shape index (κ2) is 9.14. The summed E-state index contributed by atoms with van der Waals surface area (Å²) in [4.78, 5) is 31.3. The average molecular weight is 473 g/mol. The number of imidazole rings is 1. The van der Waals surface area contributed by atoms with Gasteiger partial charge in [0.05, 0.1) is 16.7 Å². The van der Waals surface area contributed by atoms with Gasteiger partial charge in [-0.1, -0.05) is 18.2 Å². The molecular weight excluding hydrogens is 440 g/mol. The van der Waals surface area contributed by atoms with Crippen molar-refractivity contribution in [3.8, 4) is 0 Å². The van der Waals surface area contributed by atoms with Crippen molar-refractivity contribution >= 4 is 45.3 Å². The van der Waals surface area contributed by atoms with Crippen molar-refractivity contribution in [1.82, 2.24) is 29.3 Å². The molecule has 1 fully saturated rings. The maximum Gasteiger partial charge on any atom is 0.321 e. The predicted molar refractivity (Wildman–Crippen MR) is 140 cm³/mol. The van der Waals surface area contributed by atoms with E-state index >= 15 is 0 Å². The number of para-hydroxylation sites is 1. The minimum atomic E-state index is -0.104. The largest absolute Gasteiger partial charge is 0.331 e. The lowest BCUT2D eigenvalue weighted by Crippen LogP contribution is -2.51. The van der Waals surface area contributed by atoms with E-state index in [1.807, 2.05) is 66.9 Å². The molecule has 0 atom stereocenters. The number of urea groups is 1. The molecule has 4 aromatic rings. The Balaban J connectivity index is 1.44. The number of hydrogen-bond acceptors (Lipinski definition) is 6. The van der Waals surface area contributed by atoms with Crippen LogP contribution < -0.4 is 10.6 Å². The van der Waals surface area contributed by atoms with Gasteiger partial charge in [-0.3, -0.25) is 4.90 Å². The van der Waals surface area contributed by atoms with Gasteiger partial charge in [0.25, 0.3) is 0 Å². The topological polar surface area (TPSA) is 91.2 Å². The molecule has 2 N–H and O–H groups in total. The standard InChI is InChI=1S/C26H32N8O/c1-16(2)33-9-11-34(12-10-33)26(35)30-21-13-20(14-22-24(21)28-18(4)32(22)5)29-25-27-15-19-8-6-7-17(3)23(19)31-25/h6-8,13-16H,9-12H2,1-5H3,(H,30,35)(H,27,29,31). The highest BCUT2D eigenvalue weighted by molar-refractivity contribution is 6.01. The van der Waals surface area contributed by atoms with E-state index in [0.717, 1.165) is 52.1 Å². The number of carbonyl (C=O) groups is 1. The van der Waals surface area contributed by atoms with E-state index in [2.05, 4.69) is 34.4 Å². The van der Waals surface area contributed by atoms with Crippen LogP contribution in [0.2, 0.25) is 0 Å². The van der Waals surface area contributed by atoms with Gasteiger partial charge in [-0.15, -0.1) is 0 Å². The van der Waals surface area contributed by atoms with E-state index in [-0.39, 0.29) is 6.03 Å². The Morgan fingerprint density at radius 1 is 1.03 bits per heavy atom. The van der Waals surface area contributed by atoms with Crippen LogP contribution in [0.25, 0.3) is 21.9 Å². The van der Waals surface area contributed by atoms with E-state index in [9.17, 15) is 4.79 Å². The maximum absolute atomic E-state index is 13.1. The molecule has 1 aliphatic rings. The van der Waals surface area contributed by atoms with Gasteiger partial charge in [-0.05, 0) is 45.4 Å². The lowest BCUT2D eigenvalue weighted by atomic mass is 10.1. The van der Waals surface area contributed by atoms with Crippen molar-refractivity contribution in [3.63, 3.8) is 0 Å². The number of carbonyl (C=O) groups excluding carboxylic acids is 1. The molecule has 182 valence electrons. The van der Waals surface area contributed by atoms with E-state index in [1.54, 1.807) is 0 Å². The fourth-order valence-electron chi connectivity index (χ4n) is 4.60. The van der Waals surface area contributed by atoms with Crippen molar-refractivity contribution < 1.29 is 4.79 Å². The Kier molecular flexibility index (Phi) is 6.02. The minimum Gasteiger partial charge on any atom is -0.331 e. The van der Waals surface area contributed by atoms with Gasteiger partial charge in [0.1, 0.15) is 11.3 Å². The molecule has 0 saturated carbocycles. The molecule has 9 heteroatoms. The smallest absolute Gasteiger partial charge is 0.321 e. The zero-order chi connectivity index (χ0) is 24.7. The number of rotatable bonds is 4. The van der Waals surface area contributed by atoms with Gasteiger partial charge < -0.3 is 20.1 Å². The zero-order valence-electron chi connectivity index (χ0n) is 21.0. The molecule has 2 aromatic heterocycles. The van der Waals surface area contributed by atoms with Crippen molar-refractivity contribution in [3.05, 3.63) is 47.9 Å². The molecule has 0 radical (unpaired) electrons. The lowest BCUT2D eigenvalue weighted by Gasteiger charge is -2.36. The molecule has 9 nitrogen and oxygen atoms in total. The summed E-state index contributed by atoms with van der Waals surface area (Å²) in [6.45, 7) is 11.5. The summed E-state index contributed by atoms with van der Waals surface area (Å²) in [5, 5.41) is 7.44. The summed E-state index contributed by atoms with van der Waals surface area (Å²) in [5.74, 6) is 1.38. The van der Waals surface area contributed by atoms with Crippen LogP contribution in [0.3, 0.4) is 0 Å². The minimum absolute atomic E-state index is 0.104. The molecule has 1 saturated heterocycles. The monoisotopic (exact) mass is 472 g/mol. The molecule has 0 unspecified atom stereocenters. The molecular formula is C26H32N8O. The molecule has 2 amide bonds. The van der Waals surface area contributed by atoms with E-state index in [4.69, 9.17) is 9.97 Å². The SMILES string of the molecule is Cc1cccc2cnc(Nc3cc(NC(=O)N4CCN(C(C)C)CC4)c4nc(C)n(C)c4c3)nc12. The Morgan fingerprint density at radius 2 is 1.80 bits per heavy atom. The number of nitrogens with zero attached hydrogens (tertiary/aromatic N) is 6. The van der Waals surface area contributed by atoms with E-state index in [0.29, 0.717) is 30.8 Å². The maximum atomic E-state index is 13.1. The third kappa shape index (κ3) is 4.51. The number of nitrogens with one attached hydrogen (secondary N) is 2. The summed E-state index contributed by atoms with van der Waals surface area (Å²) in [7, 11) is 1.97. The van der Waals surface area contributed by atoms with Gasteiger partial charge in [-0.25, -0.2) is 19.7 Å². The first-order valence-electron chi connectivity index (χ1n) is 12.1. The number of benzene rings is 2. The number of anilines is 3. The van der Waals surface area contributed by atoms with Crippen LogP contribution in [-0.4, -0.2) is 67.6 Å². The zero-order valence-corrected chi connectivity index (χ0v) is 21.0. The summed E-state index contributed by atoms with van der Waals surface area (Å²) < 4.78 is 2.02. The normalized spacial score (nSPS) is 14.7. The van der Waals surface area contributed by atoms with Crippen LogP contribution in [0, 0.1) is 13.8 Å². The highest BCUT2D eigenvalue weighted by Crippen LogP contribution is 2.30. The third-order valence-electron chi connectivity index (χ3n) is 6.85. The molecule has 3 heterocycles. The summed E-state index contributed by atoms with van der Waals surface area (Å²) in [5.41, 5.74) is 5.15. The predicted octanol–water partition coefficient (Wildman–Crippen LogP) is 4.43. The molecule has 1 aliphatic heterocycles. The Hall–Kier alpha value is -3.72. The van der Waals surface area contributed by atoms with E-state index in [1.165, 1.54) is 0 Å². The van der Waals surface area contributed by atoms with Crippen molar-refractivity contribution in [2.24, 2.45) is 7.05 Å². The first-order valence-corrected chi connectivity index (χ1v) is 12.1. The third-order valence-corrected chi connectivity index (χ3v) is 6.85. The van der Waals surface area contributed by atoms with Gasteiger partial charge in [0.15, 0.2) is 0 Å². The molecule has 0 spiro atoms. The molecule has 5 rings (SSSR count). The number of piperazine rings is 1. The highest BCUT2D eigenvalue weighted by atomic mass is 16.2. The Morgan fingerprint density at radius 3 is 2.54 bits per heavy atom. The molecule has 2 aromatic carbocycles. The fourth-order valence-corrected chi connectivity index (χ4v) is 4.60. The summed E-state index contributed by atoms with van der Waals surface area (Å²) in [6, 6.07) is 10.3. The van der Waals surface area contributed by atoms with Gasteiger partial charge in [-0.2, -0.15) is 0 Å². The molecule has 0 aliphatic carbocycles. The fraction of sp³-hybridized carbons (Fsp3) is 0.385. The van der Waals surface area contributed by atoms with Crippen LogP contribution in [0.5, 0.6) is 0 Å². The number of aryl methyl sites for hydroxylation is 3. The van der Waals surface area contributed by atoms with Crippen LogP contribution in [0.15, 0.2) is 36.5 Å². The van der Waals surface area contributed by atoms with Crippen molar-refractivity contribution in [1.29, 1.82) is 0 Å². The Labute approximate surface area is 205 Å². The Bertz CT molecular complexity index is 1400. The van der Waals surface area contributed by atoms with Crippen LogP contribution >= 0.6 is 0 Å². The first-order chi connectivity index (χ1) is 16.8. The average Bonchev–Trinajstić information content (AvgIpc) is 3.13. The number of hydrogen-bond donors (Lipinski definition) is 2. The summed E-state index contributed by atoms with van der Waals surface area (Å²) >= 11 is 0. The van der Waals surface area contributed by atoms with Crippen LogP contribution in [0.1, 0.15) is 25.2 Å². The van der Waals surface area contributed by atoms with Crippen LogP contribution in [0.4, 0.5) is 22.1 Å². The van der Waals surface area contributed by atoms with Gasteiger partial charge >= 0.3 is 6.03 Å². The van der Waals surface area contributed by atoms with Crippen LogP contribution in [-0.2, 0) is 7.05 Å². The second-order valence-corrected chi connectivity index (χ2v) is 9.49. The number of amides is 2. The van der Waals surface area contributed by atoms with Crippen molar-refractivity contribution in [2.75, 3.05) is 36.8 Å². The van der Waals surface area contributed by atoms with E-state index < -0.39 is 0 Å². The second-order valence-electron chi connectivity index (χ2n) is 9.49.